The molecule has 1 aromatic carbocycles. The lowest BCUT2D eigenvalue weighted by atomic mass is 10.1. The van der Waals surface area contributed by atoms with Crippen molar-refractivity contribution in [3.8, 4) is 11.3 Å². The number of H-pyrrole nitrogens is 1. The summed E-state index contributed by atoms with van der Waals surface area (Å²) in [4.78, 5) is 34.2. The number of aromatic amines is 1. The topological polar surface area (TPSA) is 108 Å². The molecule has 4 aromatic rings. The molecular weight excluding hydrogens is 488 g/mol. The quantitative estimate of drug-likeness (QED) is 0.388. The maximum Gasteiger partial charge on any atom is 0.232 e. The van der Waals surface area contributed by atoms with Gasteiger partial charge in [-0.05, 0) is 6.42 Å². The van der Waals surface area contributed by atoms with Crippen molar-refractivity contribution in [3.05, 3.63) is 35.6 Å². The lowest BCUT2D eigenvalue weighted by molar-refractivity contribution is -0.125. The molecule has 1 saturated carbocycles. The van der Waals surface area contributed by atoms with Crippen LogP contribution >= 0.6 is 23.4 Å². The Labute approximate surface area is 200 Å². The first-order valence-corrected chi connectivity index (χ1v) is 11.6. The number of amides is 2. The Balaban J connectivity index is 1.51. The number of aromatic nitrogens is 5. The van der Waals surface area contributed by atoms with Gasteiger partial charge in [-0.25, -0.2) is 13.8 Å². The molecule has 0 radical (unpaired) electrons. The monoisotopic (exact) mass is 505 g/mol. The number of thioether (sulfide) groups is 1. The Bertz CT molecular complexity index is 1450. The number of carbonyl (C=O) groups is 2. The number of carbonyl (C=O) groups excluding carboxylic acids is 2. The van der Waals surface area contributed by atoms with Crippen LogP contribution in [-0.2, 0) is 9.59 Å². The summed E-state index contributed by atoms with van der Waals surface area (Å²) in [7, 11) is 3.25. The van der Waals surface area contributed by atoms with Crippen molar-refractivity contribution in [1.82, 2.24) is 29.5 Å². The number of rotatable bonds is 6. The molecule has 13 heteroatoms. The second kappa shape index (κ2) is 8.51. The average molecular weight is 506 g/mol. The summed E-state index contributed by atoms with van der Waals surface area (Å²) in [5.41, 5.74) is 1.51. The van der Waals surface area contributed by atoms with Gasteiger partial charge in [0.15, 0.2) is 17.3 Å². The van der Waals surface area contributed by atoms with Crippen LogP contribution in [-0.4, -0.2) is 67.3 Å². The first-order chi connectivity index (χ1) is 16.2. The van der Waals surface area contributed by atoms with Crippen LogP contribution in [0.3, 0.4) is 0 Å². The van der Waals surface area contributed by atoms with E-state index in [2.05, 4.69) is 25.5 Å². The highest BCUT2D eigenvalue weighted by molar-refractivity contribution is 8.00. The standard InChI is InChI=1S/C21H18ClF2N7O2S/c1-30(2)15(32)8-34-20-18(24)17(22)16(10-4-26-29-19(10)20)12-6-31-7-13(27-14(31)5-25-12)28-21(33)9-3-11(9)23/h4-7,9,11H,3,8H2,1-2H3,(H,26,29)(H,28,33)/t9-,11+/m1/s1. The van der Waals surface area contributed by atoms with Crippen molar-refractivity contribution >= 4 is 57.5 Å². The number of halogens is 3. The fourth-order valence-electron chi connectivity index (χ4n) is 3.48. The van der Waals surface area contributed by atoms with Gasteiger partial charge < -0.3 is 14.6 Å². The van der Waals surface area contributed by atoms with Crippen LogP contribution in [0, 0.1) is 11.7 Å². The number of alkyl halides is 1. The predicted octanol–water partition coefficient (Wildman–Crippen LogP) is 3.54. The van der Waals surface area contributed by atoms with E-state index in [4.69, 9.17) is 11.6 Å². The molecule has 0 bridgehead atoms. The molecule has 3 heterocycles. The maximum absolute atomic E-state index is 15.3. The zero-order chi connectivity index (χ0) is 24.1. The second-order valence-electron chi connectivity index (χ2n) is 8.08. The largest absolute Gasteiger partial charge is 0.348 e. The van der Waals surface area contributed by atoms with Gasteiger partial charge in [0.2, 0.25) is 11.8 Å². The van der Waals surface area contributed by atoms with Gasteiger partial charge in [0.1, 0.15) is 6.17 Å². The van der Waals surface area contributed by atoms with E-state index in [0.29, 0.717) is 27.8 Å². The van der Waals surface area contributed by atoms with Crippen LogP contribution < -0.4 is 5.32 Å². The number of benzene rings is 1. The average Bonchev–Trinajstić information content (AvgIpc) is 3.17. The molecule has 2 atom stereocenters. The molecule has 1 fully saturated rings. The molecule has 0 unspecified atom stereocenters. The Morgan fingerprint density at radius 3 is 2.82 bits per heavy atom. The van der Waals surface area contributed by atoms with Crippen LogP contribution in [0.4, 0.5) is 14.6 Å². The van der Waals surface area contributed by atoms with Crippen molar-refractivity contribution in [2.45, 2.75) is 17.5 Å². The highest BCUT2D eigenvalue weighted by Gasteiger charge is 2.43. The second-order valence-corrected chi connectivity index (χ2v) is 9.44. The van der Waals surface area contributed by atoms with Crippen molar-refractivity contribution in [3.63, 3.8) is 0 Å². The zero-order valence-corrected chi connectivity index (χ0v) is 19.5. The highest BCUT2D eigenvalue weighted by Crippen LogP contribution is 2.42. The van der Waals surface area contributed by atoms with Gasteiger partial charge in [0.25, 0.3) is 0 Å². The normalized spacial score (nSPS) is 17.3. The van der Waals surface area contributed by atoms with Gasteiger partial charge in [0.05, 0.1) is 51.4 Å². The number of hydrogen-bond acceptors (Lipinski definition) is 6. The van der Waals surface area contributed by atoms with Gasteiger partial charge in [-0.1, -0.05) is 11.6 Å². The molecule has 34 heavy (non-hydrogen) atoms. The van der Waals surface area contributed by atoms with Crippen molar-refractivity contribution in [2.24, 2.45) is 5.92 Å². The molecule has 5 rings (SSSR count). The summed E-state index contributed by atoms with van der Waals surface area (Å²) in [5.74, 6) is -1.63. The molecule has 1 aliphatic rings. The Morgan fingerprint density at radius 2 is 2.12 bits per heavy atom. The first kappa shape index (κ1) is 22.5. The summed E-state index contributed by atoms with van der Waals surface area (Å²) >= 11 is 7.47. The van der Waals surface area contributed by atoms with Gasteiger partial charge in [-0.2, -0.15) is 5.10 Å². The van der Waals surface area contributed by atoms with Gasteiger partial charge in [-0.3, -0.25) is 19.7 Å². The van der Waals surface area contributed by atoms with E-state index < -0.39 is 23.8 Å². The van der Waals surface area contributed by atoms with Gasteiger partial charge in [0, 0.05) is 31.2 Å². The fraction of sp³-hybridized carbons (Fsp3) is 0.286. The van der Waals surface area contributed by atoms with E-state index in [1.807, 2.05) is 0 Å². The van der Waals surface area contributed by atoms with Crippen LogP contribution in [0.5, 0.6) is 0 Å². The molecule has 1 aliphatic carbocycles. The number of hydrogen-bond donors (Lipinski definition) is 2. The molecule has 0 spiro atoms. The Morgan fingerprint density at radius 1 is 1.35 bits per heavy atom. The molecular formula is C21H18ClF2N7O2S. The molecule has 3 aromatic heterocycles. The zero-order valence-electron chi connectivity index (χ0n) is 18.0. The molecule has 0 saturated heterocycles. The Kier molecular flexibility index (Phi) is 5.64. The summed E-state index contributed by atoms with van der Waals surface area (Å²) in [6.45, 7) is 0. The smallest absolute Gasteiger partial charge is 0.232 e. The molecule has 0 aliphatic heterocycles. The third kappa shape index (κ3) is 3.96. The van der Waals surface area contributed by atoms with Crippen LogP contribution in [0.25, 0.3) is 27.8 Å². The molecule has 2 amide bonds. The summed E-state index contributed by atoms with van der Waals surface area (Å²) in [6.07, 6.45) is 5.24. The Hall–Kier alpha value is -3.25. The maximum atomic E-state index is 15.3. The number of fused-ring (bicyclic) bond motifs is 2. The van der Waals surface area contributed by atoms with Crippen molar-refractivity contribution in [2.75, 3.05) is 25.2 Å². The number of nitrogens with one attached hydrogen (secondary N) is 2. The van der Waals surface area contributed by atoms with Crippen molar-refractivity contribution in [1.29, 1.82) is 0 Å². The van der Waals surface area contributed by atoms with Crippen LogP contribution in [0.1, 0.15) is 6.42 Å². The summed E-state index contributed by atoms with van der Waals surface area (Å²) in [5, 5.41) is 9.79. The molecule has 176 valence electrons. The van der Waals surface area contributed by atoms with Crippen molar-refractivity contribution < 1.29 is 18.4 Å². The summed E-state index contributed by atoms with van der Waals surface area (Å²) < 4.78 is 30.1. The minimum Gasteiger partial charge on any atom is -0.348 e. The summed E-state index contributed by atoms with van der Waals surface area (Å²) in [6, 6.07) is 0. The molecule has 9 nitrogen and oxygen atoms in total. The highest BCUT2D eigenvalue weighted by atomic mass is 35.5. The fourth-order valence-corrected chi connectivity index (χ4v) is 4.88. The minimum atomic E-state index is -1.11. The number of anilines is 1. The first-order valence-electron chi connectivity index (χ1n) is 10.2. The van der Waals surface area contributed by atoms with E-state index in [1.54, 1.807) is 30.9 Å². The number of imidazole rings is 1. The lowest BCUT2D eigenvalue weighted by Crippen LogP contribution is -2.23. The molecule has 2 N–H and O–H groups in total. The van der Waals surface area contributed by atoms with Crippen LogP contribution in [0.2, 0.25) is 5.02 Å². The van der Waals surface area contributed by atoms with E-state index in [1.165, 1.54) is 17.3 Å². The minimum absolute atomic E-state index is 0.0332. The van der Waals surface area contributed by atoms with E-state index in [-0.39, 0.29) is 33.8 Å². The van der Waals surface area contributed by atoms with E-state index in [0.717, 1.165) is 11.8 Å². The number of nitrogens with zero attached hydrogens (tertiary/aromatic N) is 5. The third-order valence-corrected chi connectivity index (χ3v) is 6.90. The van der Waals surface area contributed by atoms with Crippen LogP contribution in [0.15, 0.2) is 29.7 Å². The predicted molar refractivity (Wildman–Crippen MR) is 124 cm³/mol. The van der Waals surface area contributed by atoms with Gasteiger partial charge >= 0.3 is 0 Å². The van der Waals surface area contributed by atoms with Gasteiger partial charge in [-0.15, -0.1) is 11.8 Å². The SMILES string of the molecule is CN(C)C(=O)CSc1c(F)c(Cl)c(-c2cn3cc(NC(=O)[C@@H]4C[C@@H]4F)nc3cn2)c2cn[nH]c12. The lowest BCUT2D eigenvalue weighted by Gasteiger charge is -2.13. The van der Waals surface area contributed by atoms with E-state index >= 15 is 4.39 Å². The third-order valence-electron chi connectivity index (χ3n) is 5.48. The van der Waals surface area contributed by atoms with E-state index in [9.17, 15) is 14.0 Å².